The molecule has 0 radical (unpaired) electrons. The molecule has 7 nitrogen and oxygen atoms in total. The molecule has 0 amide bonds. The van der Waals surface area contributed by atoms with Crippen LogP contribution in [0.25, 0.3) is 0 Å². The summed E-state index contributed by atoms with van der Waals surface area (Å²) in [4.78, 5) is 16.2. The number of rotatable bonds is 7. The molecule has 1 N–H and O–H groups in total. The van der Waals surface area contributed by atoms with Crippen molar-refractivity contribution in [3.63, 3.8) is 0 Å². The molecule has 2 aromatic rings. The standard InChI is InChI=1S/C16H20N2O5S/c1-4-8-24(20,21)18-14-7-5-6-13(9-14)16(19)22-10-15-17-11(2)12(3)23-15/h5-7,9,18H,4,8,10H2,1-3H3. The zero-order valence-corrected chi connectivity index (χ0v) is 14.6. The van der Waals surface area contributed by atoms with Gasteiger partial charge in [-0.2, -0.15) is 0 Å². The van der Waals surface area contributed by atoms with Gasteiger partial charge in [0, 0.05) is 5.69 Å². The molecule has 0 aliphatic heterocycles. The fourth-order valence-corrected chi connectivity index (χ4v) is 3.15. The van der Waals surface area contributed by atoms with Crippen molar-refractivity contribution in [2.24, 2.45) is 0 Å². The minimum atomic E-state index is -3.41. The van der Waals surface area contributed by atoms with E-state index in [4.69, 9.17) is 9.15 Å². The Kier molecular flexibility index (Phi) is 5.61. The molecule has 24 heavy (non-hydrogen) atoms. The normalized spacial score (nSPS) is 11.3. The second kappa shape index (κ2) is 7.48. The zero-order chi connectivity index (χ0) is 17.7. The zero-order valence-electron chi connectivity index (χ0n) is 13.8. The number of oxazole rings is 1. The quantitative estimate of drug-likeness (QED) is 0.769. The van der Waals surface area contributed by atoms with E-state index in [9.17, 15) is 13.2 Å². The Bertz CT molecular complexity index is 807. The number of sulfonamides is 1. The highest BCUT2D eigenvalue weighted by Crippen LogP contribution is 2.15. The first-order chi connectivity index (χ1) is 11.3. The summed E-state index contributed by atoms with van der Waals surface area (Å²) in [6.07, 6.45) is 0.506. The lowest BCUT2D eigenvalue weighted by Crippen LogP contribution is -2.16. The molecule has 0 spiro atoms. The van der Waals surface area contributed by atoms with Crippen molar-refractivity contribution < 1.29 is 22.4 Å². The molecular formula is C16H20N2O5S. The van der Waals surface area contributed by atoms with Gasteiger partial charge in [-0.05, 0) is 38.5 Å². The van der Waals surface area contributed by atoms with Crippen LogP contribution in [0, 0.1) is 13.8 Å². The van der Waals surface area contributed by atoms with Gasteiger partial charge in [0.15, 0.2) is 6.61 Å². The van der Waals surface area contributed by atoms with E-state index in [0.29, 0.717) is 23.8 Å². The van der Waals surface area contributed by atoms with Gasteiger partial charge in [0.2, 0.25) is 15.9 Å². The molecule has 0 bridgehead atoms. The Morgan fingerprint density at radius 3 is 2.71 bits per heavy atom. The van der Waals surface area contributed by atoms with E-state index in [1.807, 2.05) is 0 Å². The van der Waals surface area contributed by atoms with Crippen LogP contribution in [0.5, 0.6) is 0 Å². The average Bonchev–Trinajstić information content (AvgIpc) is 2.83. The molecule has 0 fully saturated rings. The van der Waals surface area contributed by atoms with Gasteiger partial charge in [-0.15, -0.1) is 0 Å². The van der Waals surface area contributed by atoms with E-state index in [1.165, 1.54) is 6.07 Å². The van der Waals surface area contributed by atoms with Crippen LogP contribution in [-0.4, -0.2) is 25.1 Å². The summed E-state index contributed by atoms with van der Waals surface area (Å²) < 4.78 is 36.5. The van der Waals surface area contributed by atoms with Crippen LogP contribution < -0.4 is 4.72 Å². The number of aryl methyl sites for hydroxylation is 2. The topological polar surface area (TPSA) is 98.5 Å². The SMILES string of the molecule is CCCS(=O)(=O)Nc1cccc(C(=O)OCc2nc(C)c(C)o2)c1. The molecule has 2 rings (SSSR count). The van der Waals surface area contributed by atoms with Gasteiger partial charge < -0.3 is 9.15 Å². The number of aromatic nitrogens is 1. The third-order valence-corrected chi connectivity index (χ3v) is 4.74. The van der Waals surface area contributed by atoms with Crippen molar-refractivity contribution in [3.05, 3.63) is 47.2 Å². The summed E-state index contributed by atoms with van der Waals surface area (Å²) >= 11 is 0. The van der Waals surface area contributed by atoms with Crippen LogP contribution >= 0.6 is 0 Å². The third-order valence-electron chi connectivity index (χ3n) is 3.24. The lowest BCUT2D eigenvalue weighted by atomic mass is 10.2. The molecule has 0 aliphatic rings. The molecular weight excluding hydrogens is 332 g/mol. The Morgan fingerprint density at radius 1 is 1.33 bits per heavy atom. The van der Waals surface area contributed by atoms with E-state index in [2.05, 4.69) is 9.71 Å². The number of nitrogens with zero attached hydrogens (tertiary/aromatic N) is 1. The maximum Gasteiger partial charge on any atom is 0.338 e. The summed E-state index contributed by atoms with van der Waals surface area (Å²) in [5, 5.41) is 0. The van der Waals surface area contributed by atoms with Crippen molar-refractivity contribution in [3.8, 4) is 0 Å². The molecule has 130 valence electrons. The molecule has 0 saturated heterocycles. The van der Waals surface area contributed by atoms with Crippen LogP contribution in [0.1, 0.15) is 41.0 Å². The Morgan fingerprint density at radius 2 is 2.08 bits per heavy atom. The van der Waals surface area contributed by atoms with Crippen molar-refractivity contribution in [2.75, 3.05) is 10.5 Å². The van der Waals surface area contributed by atoms with Gasteiger partial charge in [0.25, 0.3) is 0 Å². The maximum atomic E-state index is 12.1. The van der Waals surface area contributed by atoms with Crippen molar-refractivity contribution in [2.45, 2.75) is 33.8 Å². The second-order valence-electron chi connectivity index (χ2n) is 5.33. The van der Waals surface area contributed by atoms with Crippen LogP contribution in [-0.2, 0) is 21.4 Å². The van der Waals surface area contributed by atoms with Crippen molar-refractivity contribution in [1.82, 2.24) is 4.98 Å². The number of carbonyl (C=O) groups is 1. The Labute approximate surface area is 141 Å². The summed E-state index contributed by atoms with van der Waals surface area (Å²) in [6, 6.07) is 6.14. The highest BCUT2D eigenvalue weighted by atomic mass is 32.2. The first-order valence-corrected chi connectivity index (χ1v) is 9.16. The molecule has 1 heterocycles. The third kappa shape index (κ3) is 4.82. The Hall–Kier alpha value is -2.35. The summed E-state index contributed by atoms with van der Waals surface area (Å²) in [5.74, 6) is 0.427. The lowest BCUT2D eigenvalue weighted by Gasteiger charge is -2.08. The van der Waals surface area contributed by atoms with Crippen molar-refractivity contribution in [1.29, 1.82) is 0 Å². The number of benzene rings is 1. The van der Waals surface area contributed by atoms with Crippen LogP contribution in [0.15, 0.2) is 28.7 Å². The maximum absolute atomic E-state index is 12.1. The van der Waals surface area contributed by atoms with Crippen molar-refractivity contribution >= 4 is 21.7 Å². The summed E-state index contributed by atoms with van der Waals surface area (Å²) in [5.41, 5.74) is 1.31. The van der Waals surface area contributed by atoms with Crippen LogP contribution in [0.4, 0.5) is 5.69 Å². The fraction of sp³-hybridized carbons (Fsp3) is 0.375. The number of hydrogen-bond acceptors (Lipinski definition) is 6. The van der Waals surface area contributed by atoms with Crippen LogP contribution in [0.3, 0.4) is 0 Å². The summed E-state index contributed by atoms with van der Waals surface area (Å²) in [6.45, 7) is 5.27. The number of nitrogens with one attached hydrogen (secondary N) is 1. The van der Waals surface area contributed by atoms with E-state index < -0.39 is 16.0 Å². The van der Waals surface area contributed by atoms with E-state index in [1.54, 1.807) is 39.0 Å². The molecule has 0 aliphatic carbocycles. The first-order valence-electron chi connectivity index (χ1n) is 7.51. The molecule has 0 saturated carbocycles. The fourth-order valence-electron chi connectivity index (χ4n) is 2.02. The van der Waals surface area contributed by atoms with Gasteiger partial charge >= 0.3 is 5.97 Å². The number of carbonyl (C=O) groups excluding carboxylic acids is 1. The minimum absolute atomic E-state index is 0.0184. The Balaban J connectivity index is 2.03. The molecule has 0 unspecified atom stereocenters. The van der Waals surface area contributed by atoms with Gasteiger partial charge in [0.1, 0.15) is 5.76 Å². The number of ether oxygens (including phenoxy) is 1. The predicted octanol–water partition coefficient (Wildman–Crippen LogP) is 2.80. The van der Waals surface area contributed by atoms with Gasteiger partial charge in [-0.3, -0.25) is 4.72 Å². The predicted molar refractivity (Wildman–Crippen MR) is 89.2 cm³/mol. The number of hydrogen-bond donors (Lipinski definition) is 1. The molecule has 8 heteroatoms. The molecule has 1 aromatic heterocycles. The smallest absolute Gasteiger partial charge is 0.338 e. The van der Waals surface area contributed by atoms with Gasteiger partial charge in [-0.1, -0.05) is 13.0 Å². The molecule has 0 atom stereocenters. The number of anilines is 1. The van der Waals surface area contributed by atoms with Gasteiger partial charge in [0.05, 0.1) is 17.0 Å². The first kappa shape index (κ1) is 18.0. The second-order valence-corrected chi connectivity index (χ2v) is 7.17. The largest absolute Gasteiger partial charge is 0.452 e. The monoisotopic (exact) mass is 352 g/mol. The lowest BCUT2D eigenvalue weighted by molar-refractivity contribution is 0.0437. The van der Waals surface area contributed by atoms with Crippen LogP contribution in [0.2, 0.25) is 0 Å². The molecule has 1 aromatic carbocycles. The minimum Gasteiger partial charge on any atom is -0.452 e. The van der Waals surface area contributed by atoms with Gasteiger partial charge in [-0.25, -0.2) is 18.2 Å². The highest BCUT2D eigenvalue weighted by Gasteiger charge is 2.13. The average molecular weight is 352 g/mol. The summed E-state index contributed by atoms with van der Waals surface area (Å²) in [7, 11) is -3.41. The highest BCUT2D eigenvalue weighted by molar-refractivity contribution is 7.92. The van der Waals surface area contributed by atoms with E-state index >= 15 is 0 Å². The van der Waals surface area contributed by atoms with E-state index in [-0.39, 0.29) is 17.9 Å². The van der Waals surface area contributed by atoms with E-state index in [0.717, 1.165) is 5.69 Å². The number of esters is 1.